The zero-order valence-corrected chi connectivity index (χ0v) is 12.7. The molecule has 8 heteroatoms. The van der Waals surface area contributed by atoms with Crippen molar-refractivity contribution in [2.45, 2.75) is 25.5 Å². The van der Waals surface area contributed by atoms with Crippen molar-refractivity contribution < 1.29 is 13.5 Å². The topological polar surface area (TPSA) is 39.9 Å². The fourth-order valence-electron chi connectivity index (χ4n) is 1.87. The lowest BCUT2D eigenvalue weighted by atomic mass is 10.00. The Balaban J connectivity index is 2.21. The van der Waals surface area contributed by atoms with E-state index in [9.17, 15) is 8.78 Å². The Kier molecular flexibility index (Phi) is 5.13. The highest BCUT2D eigenvalue weighted by Crippen LogP contribution is 2.30. The lowest BCUT2D eigenvalue weighted by Gasteiger charge is -2.21. The molecule has 0 radical (unpaired) electrons. The molecular weight excluding hydrogens is 323 g/mol. The van der Waals surface area contributed by atoms with Crippen LogP contribution in [0.1, 0.15) is 18.4 Å². The number of aromatic nitrogens is 3. The fourth-order valence-corrected chi connectivity index (χ4v) is 2.44. The highest BCUT2D eigenvalue weighted by molar-refractivity contribution is 6.35. The number of nitrogens with zero attached hydrogens (tertiary/aromatic N) is 3. The summed E-state index contributed by atoms with van der Waals surface area (Å²) in [5.41, 5.74) is 0.667. The average molecular weight is 336 g/mol. The standard InChI is InChI=1S/C13H13Cl2F2N3O/c1-13(16,17)21-6-9(5-20-8-18-7-19-20)11-3-2-10(14)4-12(11)15/h2-4,7-9H,5-6H2,1H3. The van der Waals surface area contributed by atoms with Gasteiger partial charge in [-0.3, -0.25) is 4.68 Å². The molecule has 21 heavy (non-hydrogen) atoms. The molecule has 0 N–H and O–H groups in total. The van der Waals surface area contributed by atoms with Crippen LogP contribution in [0, 0.1) is 0 Å². The summed E-state index contributed by atoms with van der Waals surface area (Å²) >= 11 is 12.0. The van der Waals surface area contributed by atoms with Gasteiger partial charge in [-0.2, -0.15) is 13.9 Å². The van der Waals surface area contributed by atoms with Gasteiger partial charge in [0.05, 0.1) is 13.2 Å². The highest BCUT2D eigenvalue weighted by atomic mass is 35.5. The second kappa shape index (κ2) is 6.68. The molecular formula is C13H13Cl2F2N3O. The van der Waals surface area contributed by atoms with Crippen LogP contribution in [0.5, 0.6) is 0 Å². The molecule has 2 aromatic rings. The molecule has 1 aromatic heterocycles. The van der Waals surface area contributed by atoms with Crippen molar-refractivity contribution in [1.82, 2.24) is 14.8 Å². The summed E-state index contributed by atoms with van der Waals surface area (Å²) in [5, 5.41) is 4.84. The zero-order valence-electron chi connectivity index (χ0n) is 11.1. The normalized spacial score (nSPS) is 13.4. The van der Waals surface area contributed by atoms with Crippen LogP contribution in [0.3, 0.4) is 0 Å². The fraction of sp³-hybridized carbons (Fsp3) is 0.385. The van der Waals surface area contributed by atoms with Gasteiger partial charge in [0.25, 0.3) is 0 Å². The van der Waals surface area contributed by atoms with Crippen molar-refractivity contribution in [3.05, 3.63) is 46.5 Å². The van der Waals surface area contributed by atoms with E-state index in [1.807, 2.05) is 0 Å². The summed E-state index contributed by atoms with van der Waals surface area (Å²) in [6.07, 6.45) is -0.337. The minimum atomic E-state index is -3.21. The van der Waals surface area contributed by atoms with E-state index < -0.39 is 12.0 Å². The molecule has 0 saturated heterocycles. The Labute approximate surface area is 130 Å². The first kappa shape index (κ1) is 16.1. The Morgan fingerprint density at radius 2 is 2.14 bits per heavy atom. The molecule has 0 amide bonds. The van der Waals surface area contributed by atoms with Crippen LogP contribution < -0.4 is 0 Å². The second-order valence-electron chi connectivity index (χ2n) is 4.60. The van der Waals surface area contributed by atoms with Gasteiger partial charge in [-0.1, -0.05) is 29.3 Å². The zero-order chi connectivity index (χ0) is 15.5. The third-order valence-corrected chi connectivity index (χ3v) is 3.38. The first-order valence-corrected chi connectivity index (χ1v) is 6.90. The monoisotopic (exact) mass is 335 g/mol. The summed E-state index contributed by atoms with van der Waals surface area (Å²) in [6, 6.07) is 4.92. The maximum Gasteiger partial charge on any atom is 0.352 e. The summed E-state index contributed by atoms with van der Waals surface area (Å²) in [5.74, 6) is -0.401. The number of hydrogen-bond acceptors (Lipinski definition) is 3. The van der Waals surface area contributed by atoms with E-state index in [-0.39, 0.29) is 6.61 Å². The van der Waals surface area contributed by atoms with E-state index in [4.69, 9.17) is 23.2 Å². The Bertz CT molecular complexity index is 588. The first-order chi connectivity index (χ1) is 9.85. The van der Waals surface area contributed by atoms with Gasteiger partial charge in [-0.05, 0) is 17.7 Å². The van der Waals surface area contributed by atoms with Crippen molar-refractivity contribution in [3.8, 4) is 0 Å². The molecule has 1 aromatic carbocycles. The van der Waals surface area contributed by atoms with Crippen molar-refractivity contribution in [3.63, 3.8) is 0 Å². The summed E-state index contributed by atoms with van der Waals surface area (Å²) in [4.78, 5) is 3.82. The number of alkyl halides is 2. The Morgan fingerprint density at radius 3 is 2.71 bits per heavy atom. The molecule has 4 nitrogen and oxygen atoms in total. The average Bonchev–Trinajstić information content (AvgIpc) is 2.87. The van der Waals surface area contributed by atoms with Gasteiger partial charge >= 0.3 is 6.11 Å². The van der Waals surface area contributed by atoms with Crippen LogP contribution in [0.4, 0.5) is 8.78 Å². The van der Waals surface area contributed by atoms with Crippen LogP contribution in [0.25, 0.3) is 0 Å². The minimum Gasteiger partial charge on any atom is -0.320 e. The molecule has 1 unspecified atom stereocenters. The summed E-state index contributed by atoms with van der Waals surface area (Å²) in [6.45, 7) is 0.811. The van der Waals surface area contributed by atoms with E-state index >= 15 is 0 Å². The molecule has 114 valence electrons. The van der Waals surface area contributed by atoms with Gasteiger partial charge in [0, 0.05) is 22.9 Å². The number of ether oxygens (including phenoxy) is 1. The predicted molar refractivity (Wildman–Crippen MR) is 75.8 cm³/mol. The van der Waals surface area contributed by atoms with Crippen LogP contribution in [0.15, 0.2) is 30.9 Å². The predicted octanol–water partition coefficient (Wildman–Crippen LogP) is 4.00. The third-order valence-electron chi connectivity index (χ3n) is 2.81. The number of benzene rings is 1. The molecule has 0 aliphatic carbocycles. The maximum absolute atomic E-state index is 12.9. The van der Waals surface area contributed by atoms with Gasteiger partial charge in [-0.25, -0.2) is 4.98 Å². The first-order valence-electron chi connectivity index (χ1n) is 6.14. The SMILES string of the molecule is CC(F)(F)OCC(Cn1cncn1)c1ccc(Cl)cc1Cl. The molecule has 1 heterocycles. The van der Waals surface area contributed by atoms with Crippen LogP contribution in [-0.2, 0) is 11.3 Å². The van der Waals surface area contributed by atoms with E-state index in [1.54, 1.807) is 18.2 Å². The number of rotatable bonds is 6. The molecule has 0 aliphatic heterocycles. The molecule has 0 fully saturated rings. The van der Waals surface area contributed by atoms with Gasteiger partial charge in [0.2, 0.25) is 0 Å². The van der Waals surface area contributed by atoms with Gasteiger partial charge < -0.3 is 4.74 Å². The van der Waals surface area contributed by atoms with E-state index in [1.165, 1.54) is 17.3 Å². The van der Waals surface area contributed by atoms with Crippen molar-refractivity contribution in [1.29, 1.82) is 0 Å². The Hall–Kier alpha value is -1.24. The van der Waals surface area contributed by atoms with Crippen LogP contribution in [-0.4, -0.2) is 27.5 Å². The molecule has 0 bridgehead atoms. The lowest BCUT2D eigenvalue weighted by Crippen LogP contribution is -2.23. The van der Waals surface area contributed by atoms with Gasteiger partial charge in [-0.15, -0.1) is 0 Å². The number of halogens is 4. The second-order valence-corrected chi connectivity index (χ2v) is 5.44. The highest BCUT2D eigenvalue weighted by Gasteiger charge is 2.26. The van der Waals surface area contributed by atoms with Gasteiger partial charge in [0.15, 0.2) is 0 Å². The van der Waals surface area contributed by atoms with E-state index in [0.29, 0.717) is 29.1 Å². The molecule has 0 spiro atoms. The van der Waals surface area contributed by atoms with E-state index in [0.717, 1.165) is 0 Å². The minimum absolute atomic E-state index is 0.204. The van der Waals surface area contributed by atoms with Crippen molar-refractivity contribution >= 4 is 23.2 Å². The third kappa shape index (κ3) is 4.91. The van der Waals surface area contributed by atoms with Crippen LogP contribution >= 0.6 is 23.2 Å². The molecule has 1 atom stereocenters. The summed E-state index contributed by atoms with van der Waals surface area (Å²) < 4.78 is 32.0. The van der Waals surface area contributed by atoms with Gasteiger partial charge in [0.1, 0.15) is 12.7 Å². The Morgan fingerprint density at radius 1 is 1.38 bits per heavy atom. The molecule has 0 aliphatic rings. The van der Waals surface area contributed by atoms with Crippen molar-refractivity contribution in [2.75, 3.05) is 6.61 Å². The quantitative estimate of drug-likeness (QED) is 0.801. The van der Waals surface area contributed by atoms with Crippen molar-refractivity contribution in [2.24, 2.45) is 0 Å². The largest absolute Gasteiger partial charge is 0.352 e. The molecule has 2 rings (SSSR count). The maximum atomic E-state index is 12.9. The van der Waals surface area contributed by atoms with E-state index in [2.05, 4.69) is 14.8 Å². The molecule has 0 saturated carbocycles. The number of hydrogen-bond donors (Lipinski definition) is 0. The van der Waals surface area contributed by atoms with Crippen LogP contribution in [0.2, 0.25) is 10.0 Å². The lowest BCUT2D eigenvalue weighted by molar-refractivity contribution is -0.226. The smallest absolute Gasteiger partial charge is 0.320 e. The summed E-state index contributed by atoms with van der Waals surface area (Å²) in [7, 11) is 0.